The van der Waals surface area contributed by atoms with Crippen LogP contribution in [0.5, 0.6) is 0 Å². The van der Waals surface area contributed by atoms with Crippen LogP contribution < -0.4 is 10.6 Å². The van der Waals surface area contributed by atoms with Gasteiger partial charge in [-0.05, 0) is 43.7 Å². The van der Waals surface area contributed by atoms with Gasteiger partial charge in [-0.25, -0.2) is 9.97 Å². The molecule has 124 valence electrons. The lowest BCUT2D eigenvalue weighted by Gasteiger charge is -2.10. The summed E-state index contributed by atoms with van der Waals surface area (Å²) in [5.41, 5.74) is 3.95. The largest absolute Gasteiger partial charge is 0.366 e. The molecule has 5 heteroatoms. The lowest BCUT2D eigenvalue weighted by atomic mass is 10.1. The summed E-state index contributed by atoms with van der Waals surface area (Å²) in [7, 11) is 0. The SMILES string of the molecule is Cc1ccc(CNc2cc(Nc3ccc(C#N)cc3)nc(C)n2)cc1. The highest BCUT2D eigenvalue weighted by Gasteiger charge is 2.03. The van der Waals surface area contributed by atoms with Crippen molar-refractivity contribution in [1.82, 2.24) is 9.97 Å². The van der Waals surface area contributed by atoms with E-state index in [1.54, 1.807) is 12.1 Å². The monoisotopic (exact) mass is 329 g/mol. The maximum atomic E-state index is 8.86. The molecule has 0 aliphatic rings. The number of hydrogen-bond acceptors (Lipinski definition) is 5. The third-order valence-corrected chi connectivity index (χ3v) is 3.72. The van der Waals surface area contributed by atoms with Crippen LogP contribution in [0, 0.1) is 25.2 Å². The van der Waals surface area contributed by atoms with E-state index in [1.165, 1.54) is 11.1 Å². The maximum absolute atomic E-state index is 8.86. The zero-order valence-electron chi connectivity index (χ0n) is 14.2. The molecule has 3 rings (SSSR count). The number of nitrogens with zero attached hydrogens (tertiary/aromatic N) is 3. The summed E-state index contributed by atoms with van der Waals surface area (Å²) >= 11 is 0. The first kappa shape index (κ1) is 16.5. The van der Waals surface area contributed by atoms with E-state index in [0.717, 1.165) is 11.5 Å². The van der Waals surface area contributed by atoms with Crippen LogP contribution >= 0.6 is 0 Å². The van der Waals surface area contributed by atoms with E-state index in [1.807, 2.05) is 25.1 Å². The highest BCUT2D eigenvalue weighted by Crippen LogP contribution is 2.18. The Morgan fingerprint density at radius 2 is 1.60 bits per heavy atom. The molecule has 3 aromatic rings. The van der Waals surface area contributed by atoms with Gasteiger partial charge in [-0.2, -0.15) is 5.26 Å². The summed E-state index contributed by atoms with van der Waals surface area (Å²) in [5, 5.41) is 15.4. The fourth-order valence-corrected chi connectivity index (χ4v) is 2.40. The van der Waals surface area contributed by atoms with Crippen molar-refractivity contribution in [1.29, 1.82) is 5.26 Å². The second-order valence-corrected chi connectivity index (χ2v) is 5.84. The van der Waals surface area contributed by atoms with Gasteiger partial charge in [-0.3, -0.25) is 0 Å². The molecule has 25 heavy (non-hydrogen) atoms. The number of nitrogens with one attached hydrogen (secondary N) is 2. The van der Waals surface area contributed by atoms with Crippen molar-refractivity contribution < 1.29 is 0 Å². The maximum Gasteiger partial charge on any atom is 0.136 e. The molecule has 0 saturated carbocycles. The number of benzene rings is 2. The molecule has 0 bridgehead atoms. The zero-order valence-corrected chi connectivity index (χ0v) is 14.2. The van der Waals surface area contributed by atoms with Gasteiger partial charge < -0.3 is 10.6 Å². The molecule has 0 radical (unpaired) electrons. The van der Waals surface area contributed by atoms with E-state index in [9.17, 15) is 0 Å². The molecule has 0 aliphatic carbocycles. The third-order valence-electron chi connectivity index (χ3n) is 3.72. The Labute approximate surface area is 147 Å². The molecule has 0 saturated heterocycles. The van der Waals surface area contributed by atoms with Crippen LogP contribution in [-0.2, 0) is 6.54 Å². The van der Waals surface area contributed by atoms with Gasteiger partial charge in [0.05, 0.1) is 11.6 Å². The van der Waals surface area contributed by atoms with Crippen LogP contribution in [0.25, 0.3) is 0 Å². The normalized spacial score (nSPS) is 10.1. The first-order valence-corrected chi connectivity index (χ1v) is 8.05. The molecule has 0 aliphatic heterocycles. The van der Waals surface area contributed by atoms with E-state index < -0.39 is 0 Å². The quantitative estimate of drug-likeness (QED) is 0.729. The van der Waals surface area contributed by atoms with Gasteiger partial charge in [0, 0.05) is 18.3 Å². The van der Waals surface area contributed by atoms with E-state index in [0.29, 0.717) is 23.8 Å². The van der Waals surface area contributed by atoms with Crippen LogP contribution in [-0.4, -0.2) is 9.97 Å². The molecule has 1 heterocycles. The predicted octanol–water partition coefficient (Wildman–Crippen LogP) is 4.32. The highest BCUT2D eigenvalue weighted by atomic mass is 15.1. The highest BCUT2D eigenvalue weighted by molar-refractivity contribution is 5.60. The summed E-state index contributed by atoms with van der Waals surface area (Å²) in [6.07, 6.45) is 0. The minimum Gasteiger partial charge on any atom is -0.366 e. The van der Waals surface area contributed by atoms with Gasteiger partial charge >= 0.3 is 0 Å². The molecule has 2 N–H and O–H groups in total. The fraction of sp³-hybridized carbons (Fsp3) is 0.150. The van der Waals surface area contributed by atoms with Crippen LogP contribution in [0.4, 0.5) is 17.3 Å². The van der Waals surface area contributed by atoms with Crippen LogP contribution in [0.15, 0.2) is 54.6 Å². The number of hydrogen-bond donors (Lipinski definition) is 2. The van der Waals surface area contributed by atoms with E-state index in [2.05, 4.69) is 57.9 Å². The average Bonchev–Trinajstić information content (AvgIpc) is 2.61. The summed E-state index contributed by atoms with van der Waals surface area (Å²) in [6, 6.07) is 19.6. The Balaban J connectivity index is 1.71. The topological polar surface area (TPSA) is 73.6 Å². The van der Waals surface area contributed by atoms with Crippen LogP contribution in [0.1, 0.15) is 22.5 Å². The van der Waals surface area contributed by atoms with Crippen molar-refractivity contribution in [2.45, 2.75) is 20.4 Å². The first-order chi connectivity index (χ1) is 12.1. The summed E-state index contributed by atoms with van der Waals surface area (Å²) in [4.78, 5) is 8.84. The third kappa shape index (κ3) is 4.55. The molecule has 0 unspecified atom stereocenters. The average molecular weight is 329 g/mol. The number of aryl methyl sites for hydroxylation is 2. The van der Waals surface area contributed by atoms with E-state index in [-0.39, 0.29) is 0 Å². The summed E-state index contributed by atoms with van der Waals surface area (Å²) < 4.78 is 0. The molecule has 0 spiro atoms. The van der Waals surface area contributed by atoms with Crippen LogP contribution in [0.2, 0.25) is 0 Å². The van der Waals surface area contributed by atoms with E-state index >= 15 is 0 Å². The Kier molecular flexibility index (Phi) is 4.91. The molecular weight excluding hydrogens is 310 g/mol. The van der Waals surface area contributed by atoms with Crippen molar-refractivity contribution in [3.05, 3.63) is 77.1 Å². The zero-order chi connectivity index (χ0) is 17.6. The first-order valence-electron chi connectivity index (χ1n) is 8.05. The van der Waals surface area contributed by atoms with Crippen molar-refractivity contribution >= 4 is 17.3 Å². The molecule has 0 atom stereocenters. The van der Waals surface area contributed by atoms with Gasteiger partial charge in [-0.15, -0.1) is 0 Å². The van der Waals surface area contributed by atoms with Crippen LogP contribution in [0.3, 0.4) is 0 Å². The molecule has 5 nitrogen and oxygen atoms in total. The number of nitriles is 1. The lowest BCUT2D eigenvalue weighted by Crippen LogP contribution is -2.05. The second kappa shape index (κ2) is 7.45. The minimum absolute atomic E-state index is 0.630. The van der Waals surface area contributed by atoms with E-state index in [4.69, 9.17) is 5.26 Å². The standard InChI is InChI=1S/C20H19N5/c1-14-3-5-17(6-4-14)13-22-19-11-20(24-15(2)23-19)25-18-9-7-16(12-21)8-10-18/h3-11H,13H2,1-2H3,(H2,22,23,24,25). The van der Waals surface area contributed by atoms with Gasteiger partial charge in [-0.1, -0.05) is 29.8 Å². The Morgan fingerprint density at radius 3 is 2.28 bits per heavy atom. The van der Waals surface area contributed by atoms with Gasteiger partial charge in [0.1, 0.15) is 17.5 Å². The van der Waals surface area contributed by atoms with Crippen molar-refractivity contribution in [2.75, 3.05) is 10.6 Å². The fourth-order valence-electron chi connectivity index (χ4n) is 2.40. The molecule has 0 amide bonds. The lowest BCUT2D eigenvalue weighted by molar-refractivity contribution is 1.02. The minimum atomic E-state index is 0.630. The van der Waals surface area contributed by atoms with Gasteiger partial charge in [0.15, 0.2) is 0 Å². The summed E-state index contributed by atoms with van der Waals surface area (Å²) in [6.45, 7) is 4.64. The van der Waals surface area contributed by atoms with Crippen molar-refractivity contribution in [2.24, 2.45) is 0 Å². The molecule has 1 aromatic heterocycles. The second-order valence-electron chi connectivity index (χ2n) is 5.84. The smallest absolute Gasteiger partial charge is 0.136 e. The van der Waals surface area contributed by atoms with Crippen molar-refractivity contribution in [3.8, 4) is 6.07 Å². The molecule has 0 fully saturated rings. The number of aromatic nitrogens is 2. The Bertz CT molecular complexity index is 893. The number of anilines is 3. The molecular formula is C20H19N5. The Morgan fingerprint density at radius 1 is 0.920 bits per heavy atom. The molecule has 2 aromatic carbocycles. The number of rotatable bonds is 5. The van der Waals surface area contributed by atoms with Crippen molar-refractivity contribution in [3.63, 3.8) is 0 Å². The van der Waals surface area contributed by atoms with Gasteiger partial charge in [0.2, 0.25) is 0 Å². The predicted molar refractivity (Wildman–Crippen MR) is 99.7 cm³/mol. The summed E-state index contributed by atoms with van der Waals surface area (Å²) in [5.74, 6) is 2.16. The van der Waals surface area contributed by atoms with Gasteiger partial charge in [0.25, 0.3) is 0 Å². The Hall–Kier alpha value is -3.39.